The van der Waals surface area contributed by atoms with Gasteiger partial charge in [-0.25, -0.2) is 0 Å². The number of nitrogens with zero attached hydrogens (tertiary/aromatic N) is 1. The van der Waals surface area contributed by atoms with Gasteiger partial charge in [-0.3, -0.25) is 4.90 Å². The molecule has 12 heavy (non-hydrogen) atoms. The van der Waals surface area contributed by atoms with Gasteiger partial charge in [0.2, 0.25) is 0 Å². The molecule has 0 bridgehead atoms. The van der Waals surface area contributed by atoms with Crippen LogP contribution in [0.25, 0.3) is 0 Å². The van der Waals surface area contributed by atoms with E-state index in [1.54, 1.807) is 6.92 Å². The van der Waals surface area contributed by atoms with Gasteiger partial charge in [0.05, 0.1) is 12.2 Å². The first-order valence-corrected chi connectivity index (χ1v) is 4.64. The number of aliphatic hydroxyl groups is 2. The molecule has 3 heteroatoms. The summed E-state index contributed by atoms with van der Waals surface area (Å²) in [5, 5.41) is 18.9. The maximum absolute atomic E-state index is 9.44. The van der Waals surface area contributed by atoms with Crippen molar-refractivity contribution in [1.82, 2.24) is 4.90 Å². The molecule has 2 N–H and O–H groups in total. The maximum atomic E-state index is 9.44. The van der Waals surface area contributed by atoms with Crippen molar-refractivity contribution in [2.24, 2.45) is 0 Å². The predicted molar refractivity (Wildman–Crippen MR) is 47.9 cm³/mol. The number of likely N-dealkylation sites (tertiary alicyclic amines) is 1. The lowest BCUT2D eigenvalue weighted by atomic mass is 10.1. The fourth-order valence-electron chi connectivity index (χ4n) is 1.94. The first-order valence-electron chi connectivity index (χ1n) is 4.64. The second kappa shape index (κ2) is 3.73. The van der Waals surface area contributed by atoms with Crippen LogP contribution in [0.15, 0.2) is 0 Å². The Morgan fingerprint density at radius 1 is 1.33 bits per heavy atom. The van der Waals surface area contributed by atoms with Crippen molar-refractivity contribution < 1.29 is 10.2 Å². The lowest BCUT2D eigenvalue weighted by molar-refractivity contribution is 0.0698. The third-order valence-electron chi connectivity index (χ3n) is 2.58. The third-order valence-corrected chi connectivity index (χ3v) is 2.58. The Labute approximate surface area is 74.0 Å². The van der Waals surface area contributed by atoms with Crippen LogP contribution in [0.3, 0.4) is 0 Å². The van der Waals surface area contributed by atoms with Gasteiger partial charge in [-0.05, 0) is 27.2 Å². The number of hydrogen-bond donors (Lipinski definition) is 2. The van der Waals surface area contributed by atoms with Crippen LogP contribution in [0.2, 0.25) is 0 Å². The molecular formula is C9H19NO2. The van der Waals surface area contributed by atoms with Crippen LogP contribution in [0.5, 0.6) is 0 Å². The van der Waals surface area contributed by atoms with Crippen molar-refractivity contribution in [3.8, 4) is 0 Å². The molecule has 1 aliphatic heterocycles. The van der Waals surface area contributed by atoms with Crippen molar-refractivity contribution in [2.45, 2.75) is 51.5 Å². The zero-order valence-corrected chi connectivity index (χ0v) is 8.07. The van der Waals surface area contributed by atoms with Gasteiger partial charge in [0, 0.05) is 18.6 Å². The van der Waals surface area contributed by atoms with Crippen molar-refractivity contribution in [2.75, 3.05) is 6.54 Å². The highest BCUT2D eigenvalue weighted by Gasteiger charge is 2.34. The first kappa shape index (κ1) is 9.96. The van der Waals surface area contributed by atoms with Crippen LogP contribution in [0.4, 0.5) is 0 Å². The average molecular weight is 173 g/mol. The number of rotatable bonds is 2. The Kier molecular flexibility index (Phi) is 3.09. The molecule has 1 saturated heterocycles. The van der Waals surface area contributed by atoms with Gasteiger partial charge >= 0.3 is 0 Å². The van der Waals surface area contributed by atoms with E-state index in [0.29, 0.717) is 19.0 Å². The topological polar surface area (TPSA) is 43.7 Å². The minimum Gasteiger partial charge on any atom is -0.392 e. The summed E-state index contributed by atoms with van der Waals surface area (Å²) >= 11 is 0. The van der Waals surface area contributed by atoms with Crippen LogP contribution >= 0.6 is 0 Å². The van der Waals surface area contributed by atoms with E-state index in [2.05, 4.69) is 18.7 Å². The molecule has 0 aliphatic carbocycles. The Hall–Kier alpha value is -0.120. The molecule has 0 radical (unpaired) electrons. The smallest absolute Gasteiger partial charge is 0.0683 e. The maximum Gasteiger partial charge on any atom is 0.0683 e. The molecule has 3 unspecified atom stereocenters. The third kappa shape index (κ3) is 1.97. The van der Waals surface area contributed by atoms with Gasteiger partial charge in [0.25, 0.3) is 0 Å². The molecule has 0 spiro atoms. The number of β-amino-alcohol motifs (C(OH)–C–C–N with tert-alkyl or cyclic N) is 1. The molecule has 0 saturated carbocycles. The quantitative estimate of drug-likeness (QED) is 0.627. The molecule has 0 amide bonds. The molecule has 0 aromatic carbocycles. The van der Waals surface area contributed by atoms with E-state index >= 15 is 0 Å². The van der Waals surface area contributed by atoms with Crippen molar-refractivity contribution in [3.63, 3.8) is 0 Å². The van der Waals surface area contributed by atoms with Gasteiger partial charge in [0.15, 0.2) is 0 Å². The second-order valence-electron chi connectivity index (χ2n) is 3.99. The van der Waals surface area contributed by atoms with E-state index in [1.165, 1.54) is 0 Å². The van der Waals surface area contributed by atoms with Crippen molar-refractivity contribution in [1.29, 1.82) is 0 Å². The molecular weight excluding hydrogens is 154 g/mol. The van der Waals surface area contributed by atoms with Crippen LogP contribution in [-0.4, -0.2) is 45.9 Å². The zero-order chi connectivity index (χ0) is 9.30. The summed E-state index contributed by atoms with van der Waals surface area (Å²) in [6, 6.07) is 0.543. The van der Waals surface area contributed by atoms with Crippen molar-refractivity contribution >= 4 is 0 Å². The minimum atomic E-state index is -0.343. The summed E-state index contributed by atoms with van der Waals surface area (Å²) in [4.78, 5) is 2.16. The summed E-state index contributed by atoms with van der Waals surface area (Å²) in [7, 11) is 0. The summed E-state index contributed by atoms with van der Waals surface area (Å²) in [6.07, 6.45) is 0.104. The highest BCUT2D eigenvalue weighted by molar-refractivity contribution is 4.89. The molecule has 0 aromatic rings. The number of aliphatic hydroxyl groups excluding tert-OH is 2. The van der Waals surface area contributed by atoms with Crippen LogP contribution in [0, 0.1) is 0 Å². The molecule has 72 valence electrons. The standard InChI is InChI=1S/C9H19NO2/c1-6(2)10-5-8(12)4-9(10)7(3)11/h6-9,11-12H,4-5H2,1-3H3. The molecule has 1 rings (SSSR count). The van der Waals surface area contributed by atoms with Gasteiger partial charge in [-0.15, -0.1) is 0 Å². The Bertz CT molecular complexity index is 131. The molecule has 3 nitrogen and oxygen atoms in total. The second-order valence-corrected chi connectivity index (χ2v) is 3.99. The van der Waals surface area contributed by atoms with E-state index in [9.17, 15) is 10.2 Å². The van der Waals surface area contributed by atoms with Gasteiger partial charge in [0.1, 0.15) is 0 Å². The molecule has 3 atom stereocenters. The lowest BCUT2D eigenvalue weighted by Gasteiger charge is -2.29. The van der Waals surface area contributed by atoms with E-state index in [0.717, 1.165) is 0 Å². The van der Waals surface area contributed by atoms with Gasteiger partial charge in [-0.2, -0.15) is 0 Å². The fourth-order valence-corrected chi connectivity index (χ4v) is 1.94. The first-order chi connectivity index (χ1) is 5.52. The Balaban J connectivity index is 2.59. The largest absolute Gasteiger partial charge is 0.392 e. The summed E-state index contributed by atoms with van der Waals surface area (Å²) in [6.45, 7) is 6.67. The van der Waals surface area contributed by atoms with Crippen LogP contribution in [0.1, 0.15) is 27.2 Å². The molecule has 1 heterocycles. The fraction of sp³-hybridized carbons (Fsp3) is 1.00. The predicted octanol–water partition coefficient (Wildman–Crippen LogP) is 0.211. The van der Waals surface area contributed by atoms with E-state index in [1.807, 2.05) is 0 Å². The average Bonchev–Trinajstić information content (AvgIpc) is 2.31. The monoisotopic (exact) mass is 173 g/mol. The van der Waals surface area contributed by atoms with E-state index < -0.39 is 0 Å². The van der Waals surface area contributed by atoms with Gasteiger partial charge in [-0.1, -0.05) is 0 Å². The highest BCUT2D eigenvalue weighted by atomic mass is 16.3. The lowest BCUT2D eigenvalue weighted by Crippen LogP contribution is -2.41. The molecule has 0 aromatic heterocycles. The Morgan fingerprint density at radius 2 is 1.92 bits per heavy atom. The van der Waals surface area contributed by atoms with Crippen molar-refractivity contribution in [3.05, 3.63) is 0 Å². The van der Waals surface area contributed by atoms with Crippen LogP contribution < -0.4 is 0 Å². The zero-order valence-electron chi connectivity index (χ0n) is 8.07. The van der Waals surface area contributed by atoms with E-state index in [4.69, 9.17) is 0 Å². The SMILES string of the molecule is CC(O)C1CC(O)CN1C(C)C. The van der Waals surface area contributed by atoms with Crippen LogP contribution in [-0.2, 0) is 0 Å². The summed E-state index contributed by atoms with van der Waals surface area (Å²) in [5.74, 6) is 0. The van der Waals surface area contributed by atoms with E-state index in [-0.39, 0.29) is 18.2 Å². The number of hydrogen-bond acceptors (Lipinski definition) is 3. The summed E-state index contributed by atoms with van der Waals surface area (Å²) < 4.78 is 0. The Morgan fingerprint density at radius 3 is 2.25 bits per heavy atom. The minimum absolute atomic E-state index is 0.139. The van der Waals surface area contributed by atoms with Gasteiger partial charge < -0.3 is 10.2 Å². The molecule has 1 fully saturated rings. The molecule has 1 aliphatic rings. The summed E-state index contributed by atoms with van der Waals surface area (Å²) in [5.41, 5.74) is 0. The highest BCUT2D eigenvalue weighted by Crippen LogP contribution is 2.22. The normalized spacial score (nSPS) is 34.5.